The molecule has 1 aliphatic heterocycles. The van der Waals surface area contributed by atoms with Crippen molar-refractivity contribution in [1.82, 2.24) is 4.48 Å². The van der Waals surface area contributed by atoms with Gasteiger partial charge in [0.05, 0.1) is 11.9 Å². The molecule has 0 N–H and O–H groups in total. The number of rotatable bonds is 13. The van der Waals surface area contributed by atoms with Crippen LogP contribution in [0.5, 0.6) is 0 Å². The summed E-state index contributed by atoms with van der Waals surface area (Å²) in [6, 6.07) is 34.1. The molecule has 0 bridgehead atoms. The third-order valence-electron chi connectivity index (χ3n) is 8.64. The lowest BCUT2D eigenvalue weighted by atomic mass is 9.97. The molecule has 1 aromatic heterocycles. The normalized spacial score (nSPS) is 14.7. The summed E-state index contributed by atoms with van der Waals surface area (Å²) < 4.78 is 29.4. The lowest BCUT2D eigenvalue weighted by molar-refractivity contribution is -0.218. The van der Waals surface area contributed by atoms with Gasteiger partial charge in [0.2, 0.25) is 0 Å². The van der Waals surface area contributed by atoms with Gasteiger partial charge in [0.1, 0.15) is 23.2 Å². The minimum atomic E-state index is -2.69. The molecule has 0 saturated carbocycles. The molecule has 0 radical (unpaired) electrons. The van der Waals surface area contributed by atoms with Gasteiger partial charge in [0.25, 0.3) is 0 Å². The van der Waals surface area contributed by atoms with E-state index in [0.29, 0.717) is 35.6 Å². The number of aliphatic imine (C=N–C) groups is 2. The van der Waals surface area contributed by atoms with E-state index in [-0.39, 0.29) is 12.3 Å². The molecule has 0 saturated heterocycles. The van der Waals surface area contributed by atoms with E-state index in [2.05, 4.69) is 101 Å². The molecule has 2 heterocycles. The molecule has 3 aromatic carbocycles. The largest absolute Gasteiger partial charge is 0.862 e. The highest BCUT2D eigenvalue weighted by Gasteiger charge is 2.44. The van der Waals surface area contributed by atoms with E-state index in [9.17, 15) is 13.7 Å². The second-order valence-corrected chi connectivity index (χ2v) is 15.5. The molecule has 46 heavy (non-hydrogen) atoms. The number of aromatic nitrogens is 1. The van der Waals surface area contributed by atoms with Crippen molar-refractivity contribution in [1.29, 1.82) is 0 Å². The highest BCUT2D eigenvalue weighted by molar-refractivity contribution is 7.95. The highest BCUT2D eigenvalue weighted by Crippen LogP contribution is 2.55. The Kier molecular flexibility index (Phi) is 10.9. The molecular weight excluding hydrogens is 594 g/mol. The first-order valence-corrected chi connectivity index (χ1v) is 17.9. The Labute approximate surface area is 272 Å². The van der Waals surface area contributed by atoms with E-state index in [4.69, 9.17) is 0 Å². The predicted molar refractivity (Wildman–Crippen MR) is 192 cm³/mol. The molecule has 0 aliphatic carbocycles. The zero-order chi connectivity index (χ0) is 32.7. The number of benzene rings is 3. The molecule has 0 amide bonds. The summed E-state index contributed by atoms with van der Waals surface area (Å²) in [5.74, 6) is -0.210. The monoisotopic (exact) mass is 635 g/mol. The van der Waals surface area contributed by atoms with E-state index in [1.165, 1.54) is 15.9 Å². The van der Waals surface area contributed by atoms with E-state index >= 15 is 0 Å². The van der Waals surface area contributed by atoms with Gasteiger partial charge in [-0.2, -0.15) is 0 Å². The van der Waals surface area contributed by atoms with Gasteiger partial charge >= 0.3 is 7.40 Å². The third kappa shape index (κ3) is 7.15. The first kappa shape index (κ1) is 33.3. The lowest BCUT2D eigenvalue weighted by Crippen LogP contribution is -2.33. The predicted octanol–water partition coefficient (Wildman–Crippen LogP) is 7.32. The standard InChI is InChI=1S/C38H41BF2N3OP/c1-28-26-30(3)43-37(28)35(38-29(2)27-31(4)44(38)39(40)41)22-23-36(45)42-24-14-15-25-46(32-16-8-5-9-17-32,33-18-10-6-11-19-33)34-20-12-7-13-21-34/h5-13,16-21,26-27H,14-15,22-25H2,1-4H3/b37-35-. The van der Waals surface area contributed by atoms with Crippen molar-refractivity contribution in [2.75, 3.05) is 12.7 Å². The van der Waals surface area contributed by atoms with Crippen LogP contribution in [-0.2, 0) is 0 Å². The second-order valence-electron chi connectivity index (χ2n) is 11.9. The Morgan fingerprint density at radius 3 is 1.83 bits per heavy atom. The average Bonchev–Trinajstić information content (AvgIpc) is 3.56. The van der Waals surface area contributed by atoms with Crippen molar-refractivity contribution in [3.8, 4) is 0 Å². The maximum Gasteiger partial charge on any atom is 0.677 e. The van der Waals surface area contributed by atoms with E-state index < -0.39 is 14.7 Å². The van der Waals surface area contributed by atoms with Crippen LogP contribution in [0.3, 0.4) is 0 Å². The van der Waals surface area contributed by atoms with Crippen molar-refractivity contribution < 1.29 is 13.7 Å². The summed E-state index contributed by atoms with van der Waals surface area (Å²) in [7, 11) is -4.62. The van der Waals surface area contributed by atoms with Gasteiger partial charge in [-0.1, -0.05) is 54.6 Å². The van der Waals surface area contributed by atoms with Crippen molar-refractivity contribution in [2.45, 2.75) is 53.4 Å². The minimum Gasteiger partial charge on any atom is -0.862 e. The fourth-order valence-electron chi connectivity index (χ4n) is 6.64. The molecule has 0 spiro atoms. The third-order valence-corrected chi connectivity index (χ3v) is 13.2. The summed E-state index contributed by atoms with van der Waals surface area (Å²) in [6.07, 6.45) is 5.05. The second kappa shape index (κ2) is 15.0. The van der Waals surface area contributed by atoms with E-state index in [1.807, 2.05) is 26.8 Å². The maximum atomic E-state index is 14.2. The zero-order valence-electron chi connectivity index (χ0n) is 27.1. The van der Waals surface area contributed by atoms with Gasteiger partial charge < -0.3 is 14.6 Å². The van der Waals surface area contributed by atoms with Gasteiger partial charge in [-0.25, -0.2) is 0 Å². The summed E-state index contributed by atoms with van der Waals surface area (Å²) in [5.41, 5.74) is 4.77. The zero-order valence-corrected chi connectivity index (χ0v) is 28.0. The Balaban J connectivity index is 1.33. The average molecular weight is 636 g/mol. The first-order chi connectivity index (χ1) is 22.2. The van der Waals surface area contributed by atoms with Crippen LogP contribution in [0.4, 0.5) is 8.63 Å². The Morgan fingerprint density at radius 1 is 0.804 bits per heavy atom. The lowest BCUT2D eigenvalue weighted by Gasteiger charge is -2.27. The van der Waals surface area contributed by atoms with Crippen molar-refractivity contribution >= 4 is 47.8 Å². The van der Waals surface area contributed by atoms with Gasteiger partial charge in [-0.3, -0.25) is 13.6 Å². The number of halogens is 2. The first-order valence-electron chi connectivity index (χ1n) is 15.9. The van der Waals surface area contributed by atoms with Crippen LogP contribution in [0.2, 0.25) is 0 Å². The van der Waals surface area contributed by atoms with Crippen molar-refractivity contribution in [3.05, 3.63) is 131 Å². The van der Waals surface area contributed by atoms with Crippen molar-refractivity contribution in [2.24, 2.45) is 9.98 Å². The highest BCUT2D eigenvalue weighted by atomic mass is 31.2. The molecule has 4 nitrogen and oxygen atoms in total. The molecule has 5 rings (SSSR count). The van der Waals surface area contributed by atoms with Crippen LogP contribution < -0.4 is 21.0 Å². The number of allylic oxidation sites excluding steroid dienone is 3. The molecule has 0 atom stereocenters. The summed E-state index contributed by atoms with van der Waals surface area (Å²) >= 11 is 0. The SMILES string of the molecule is CC1=CC(C)=N/C1=C(/CCC([O-])=NCCCC[P+](c1ccccc1)(c1ccccc1)c1ccccc1)c1c(C)cc(C)n1B(F)F. The van der Waals surface area contributed by atoms with Crippen LogP contribution >= 0.6 is 7.26 Å². The molecular formula is C38H41BF2N3OP. The van der Waals surface area contributed by atoms with Crippen LogP contribution in [0.25, 0.3) is 5.57 Å². The number of hydrogen-bond donors (Lipinski definition) is 0. The summed E-state index contributed by atoms with van der Waals surface area (Å²) in [5, 5.41) is 17.1. The molecule has 236 valence electrons. The molecule has 4 aromatic rings. The van der Waals surface area contributed by atoms with Crippen LogP contribution in [0, 0.1) is 13.8 Å². The van der Waals surface area contributed by atoms with E-state index in [1.54, 1.807) is 13.0 Å². The van der Waals surface area contributed by atoms with Crippen molar-refractivity contribution in [3.63, 3.8) is 0 Å². The molecule has 8 heteroatoms. The summed E-state index contributed by atoms with van der Waals surface area (Å²) in [6.45, 7) is 7.78. The van der Waals surface area contributed by atoms with E-state index in [0.717, 1.165) is 40.3 Å². The van der Waals surface area contributed by atoms with Gasteiger partial charge in [0, 0.05) is 29.2 Å². The Hall–Kier alpha value is -4.09. The molecule has 0 fully saturated rings. The Morgan fingerprint density at radius 2 is 1.35 bits per heavy atom. The summed E-state index contributed by atoms with van der Waals surface area (Å²) in [4.78, 5) is 9.08. The smallest absolute Gasteiger partial charge is 0.677 e. The fraction of sp³-hybridized carbons (Fsp3) is 0.263. The maximum absolute atomic E-state index is 14.2. The minimum absolute atomic E-state index is 0.141. The number of nitrogens with zero attached hydrogens (tertiary/aromatic N) is 3. The van der Waals surface area contributed by atoms with Gasteiger partial charge in [-0.15, -0.1) is 0 Å². The van der Waals surface area contributed by atoms with Gasteiger partial charge in [0.15, 0.2) is 0 Å². The Bertz CT molecular complexity index is 1670. The topological polar surface area (TPSA) is 52.7 Å². The van der Waals surface area contributed by atoms with Gasteiger partial charge in [-0.05, 0) is 119 Å². The van der Waals surface area contributed by atoms with Crippen LogP contribution in [0.15, 0.2) is 124 Å². The number of aryl methyl sites for hydroxylation is 2. The fourth-order valence-corrected chi connectivity index (χ4v) is 11.1. The number of unbranched alkanes of at least 4 members (excludes halogenated alkanes) is 1. The van der Waals surface area contributed by atoms with Crippen LogP contribution in [-0.4, -0.2) is 36.2 Å². The quantitative estimate of drug-likeness (QED) is 0.0500. The number of hydrogen-bond acceptors (Lipinski definition) is 3. The van der Waals surface area contributed by atoms with Crippen LogP contribution in [0.1, 0.15) is 56.5 Å². The molecule has 1 aliphatic rings. The molecule has 0 unspecified atom stereocenters.